The molecule has 2 aromatic heterocycles. The molecule has 0 bridgehead atoms. The van der Waals surface area contributed by atoms with E-state index in [1.165, 1.54) is 55.0 Å². The first-order valence-electron chi connectivity index (χ1n) is 16.7. The quantitative estimate of drug-likeness (QED) is 0.236. The number of para-hydroxylation sites is 1. The number of aryl methyl sites for hydroxylation is 2. The summed E-state index contributed by atoms with van der Waals surface area (Å²) in [6, 6.07) is 13.1. The van der Waals surface area contributed by atoms with Crippen molar-refractivity contribution in [3.8, 4) is 17.3 Å². The summed E-state index contributed by atoms with van der Waals surface area (Å²) >= 11 is 0. The Bertz CT molecular complexity index is 1620. The second-order valence-electron chi connectivity index (χ2n) is 13.4. The topological polar surface area (TPSA) is 64.3 Å². The summed E-state index contributed by atoms with van der Waals surface area (Å²) in [6.45, 7) is 7.22. The van der Waals surface area contributed by atoms with Gasteiger partial charge >= 0.3 is 0 Å². The molecule has 1 amide bonds. The Balaban J connectivity index is 1.28. The highest BCUT2D eigenvalue weighted by Gasteiger charge is 2.28. The molecule has 4 heterocycles. The van der Waals surface area contributed by atoms with Crippen molar-refractivity contribution in [3.63, 3.8) is 0 Å². The van der Waals surface area contributed by atoms with Gasteiger partial charge in [0, 0.05) is 37.6 Å². The van der Waals surface area contributed by atoms with E-state index < -0.39 is 0 Å². The average molecular weight is 582 g/mol. The minimum Gasteiger partial charge on any atom is -0.494 e. The summed E-state index contributed by atoms with van der Waals surface area (Å²) in [6.07, 6.45) is 10.9. The third-order valence-electron chi connectivity index (χ3n) is 10.4. The van der Waals surface area contributed by atoms with Gasteiger partial charge in [0.25, 0.3) is 5.91 Å². The van der Waals surface area contributed by atoms with Crippen LogP contribution in [0, 0.1) is 17.8 Å². The lowest BCUT2D eigenvalue weighted by Crippen LogP contribution is -2.39. The minimum atomic E-state index is 0.0891. The van der Waals surface area contributed by atoms with Crippen molar-refractivity contribution < 1.29 is 9.53 Å². The van der Waals surface area contributed by atoms with Crippen LogP contribution in [0.1, 0.15) is 74.2 Å². The second kappa shape index (κ2) is 12.0. The molecule has 4 aromatic rings. The minimum absolute atomic E-state index is 0.0891. The number of nitrogens with one attached hydrogen (secondary N) is 1. The van der Waals surface area contributed by atoms with E-state index in [1.807, 2.05) is 17.0 Å². The van der Waals surface area contributed by atoms with E-state index in [4.69, 9.17) is 9.72 Å². The van der Waals surface area contributed by atoms with E-state index in [9.17, 15) is 4.79 Å². The SMILES string of the molecule is CC[C@@H]1CCCN(C(=O)c2cc(OC)c3c(c2)nc(-c2cc4cccc(CCC5CCCNC5)c4n2CC2CC2)n3C)C1. The van der Waals surface area contributed by atoms with E-state index in [2.05, 4.69) is 52.7 Å². The van der Waals surface area contributed by atoms with E-state index in [-0.39, 0.29) is 5.91 Å². The van der Waals surface area contributed by atoms with Crippen LogP contribution in [-0.4, -0.2) is 58.2 Å². The lowest BCUT2D eigenvalue weighted by atomic mass is 9.92. The fourth-order valence-corrected chi connectivity index (χ4v) is 7.65. The smallest absolute Gasteiger partial charge is 0.254 e. The largest absolute Gasteiger partial charge is 0.494 e. The molecule has 2 aliphatic heterocycles. The molecule has 1 saturated carbocycles. The molecule has 7 nitrogen and oxygen atoms in total. The average Bonchev–Trinajstić information content (AvgIpc) is 3.71. The van der Waals surface area contributed by atoms with Crippen LogP contribution < -0.4 is 10.1 Å². The predicted molar refractivity (Wildman–Crippen MR) is 174 cm³/mol. The molecule has 2 atom stereocenters. The van der Waals surface area contributed by atoms with Crippen LogP contribution >= 0.6 is 0 Å². The zero-order chi connectivity index (χ0) is 29.5. The highest BCUT2D eigenvalue weighted by atomic mass is 16.5. The van der Waals surface area contributed by atoms with Gasteiger partial charge in [-0.3, -0.25) is 4.79 Å². The first kappa shape index (κ1) is 28.5. The van der Waals surface area contributed by atoms with Gasteiger partial charge in [-0.25, -0.2) is 4.98 Å². The number of hydrogen-bond donors (Lipinski definition) is 1. The molecule has 1 N–H and O–H groups in total. The Hall–Kier alpha value is -3.32. The molecule has 0 spiro atoms. The van der Waals surface area contributed by atoms with Crippen molar-refractivity contribution in [2.75, 3.05) is 33.3 Å². The summed E-state index contributed by atoms with van der Waals surface area (Å²) in [5.74, 6) is 3.81. The van der Waals surface area contributed by atoms with Crippen molar-refractivity contribution in [2.24, 2.45) is 24.8 Å². The molecule has 2 saturated heterocycles. The number of carbonyl (C=O) groups is 1. The normalized spacial score (nSPS) is 21.1. The monoisotopic (exact) mass is 581 g/mol. The lowest BCUT2D eigenvalue weighted by Gasteiger charge is -2.32. The third-order valence-corrected chi connectivity index (χ3v) is 10.4. The van der Waals surface area contributed by atoms with E-state index in [0.717, 1.165) is 86.4 Å². The van der Waals surface area contributed by atoms with E-state index in [1.54, 1.807) is 7.11 Å². The zero-order valence-electron chi connectivity index (χ0n) is 26.2. The van der Waals surface area contributed by atoms with Crippen molar-refractivity contribution in [1.82, 2.24) is 24.3 Å². The number of aromatic nitrogens is 3. The summed E-state index contributed by atoms with van der Waals surface area (Å²) < 4.78 is 10.6. The van der Waals surface area contributed by atoms with E-state index in [0.29, 0.717) is 17.2 Å². The standard InChI is InChI=1S/C36H47N5O2/c1-4-24-9-7-17-40(22-24)36(42)29-18-30-34(32(20-29)43-3)39(2)35(38-30)31-19-28-11-5-10-27(15-14-25-8-6-16-37-21-25)33(28)41(31)23-26-12-13-26/h5,10-11,18-20,24-26,37H,4,6-9,12-17,21-23H2,1-3H3/t24-,25?/m1/s1. The number of rotatable bonds is 9. The predicted octanol–water partition coefficient (Wildman–Crippen LogP) is 6.81. The summed E-state index contributed by atoms with van der Waals surface area (Å²) in [4.78, 5) is 20.9. The third kappa shape index (κ3) is 5.57. The van der Waals surface area contributed by atoms with Crippen molar-refractivity contribution in [2.45, 2.75) is 71.3 Å². The summed E-state index contributed by atoms with van der Waals surface area (Å²) in [5.41, 5.74) is 6.41. The molecule has 1 unspecified atom stereocenters. The Morgan fingerprint density at radius 1 is 1.05 bits per heavy atom. The Morgan fingerprint density at radius 2 is 1.91 bits per heavy atom. The van der Waals surface area contributed by atoms with Crippen LogP contribution in [0.2, 0.25) is 0 Å². The van der Waals surface area contributed by atoms with Gasteiger partial charge in [0.2, 0.25) is 0 Å². The Kier molecular flexibility index (Phi) is 7.93. The van der Waals surface area contributed by atoms with Crippen molar-refractivity contribution in [1.29, 1.82) is 0 Å². The second-order valence-corrected chi connectivity index (χ2v) is 13.4. The summed E-state index contributed by atoms with van der Waals surface area (Å²) in [7, 11) is 3.78. The number of fused-ring (bicyclic) bond motifs is 2. The Morgan fingerprint density at radius 3 is 2.67 bits per heavy atom. The van der Waals surface area contributed by atoms with E-state index >= 15 is 0 Å². The van der Waals surface area contributed by atoms with Gasteiger partial charge in [0.1, 0.15) is 11.3 Å². The number of imidazole rings is 1. The first-order valence-corrected chi connectivity index (χ1v) is 16.7. The first-order chi connectivity index (χ1) is 21.0. The molecule has 3 fully saturated rings. The highest BCUT2D eigenvalue weighted by Crippen LogP contribution is 2.39. The highest BCUT2D eigenvalue weighted by molar-refractivity contribution is 6.00. The molecule has 0 radical (unpaired) electrons. The number of benzene rings is 2. The molecule has 7 heteroatoms. The van der Waals surface area contributed by atoms with Gasteiger partial charge < -0.3 is 24.1 Å². The number of piperidine rings is 2. The number of ether oxygens (including phenoxy) is 1. The van der Waals surface area contributed by atoms with Gasteiger partial charge in [0.05, 0.1) is 23.8 Å². The van der Waals surface area contributed by atoms with Crippen LogP contribution in [0.25, 0.3) is 33.5 Å². The van der Waals surface area contributed by atoms with Crippen molar-refractivity contribution in [3.05, 3.63) is 47.5 Å². The number of likely N-dealkylation sites (tertiary alicyclic amines) is 1. The number of carbonyl (C=O) groups excluding carboxylic acids is 1. The van der Waals surface area contributed by atoms with Gasteiger partial charge in [-0.2, -0.15) is 0 Å². The lowest BCUT2D eigenvalue weighted by molar-refractivity contribution is 0.0671. The Labute approximate surface area is 255 Å². The maximum absolute atomic E-state index is 13.7. The van der Waals surface area contributed by atoms with Gasteiger partial charge in [-0.15, -0.1) is 0 Å². The van der Waals surface area contributed by atoms with Crippen LogP contribution in [-0.2, 0) is 20.0 Å². The van der Waals surface area contributed by atoms with Crippen molar-refractivity contribution >= 4 is 27.8 Å². The number of methoxy groups -OCH3 is 1. The van der Waals surface area contributed by atoms with Crippen LogP contribution in [0.15, 0.2) is 36.4 Å². The summed E-state index contributed by atoms with van der Waals surface area (Å²) in [5, 5.41) is 4.88. The fourth-order valence-electron chi connectivity index (χ4n) is 7.65. The van der Waals surface area contributed by atoms with Crippen LogP contribution in [0.5, 0.6) is 5.75 Å². The number of nitrogens with zero attached hydrogens (tertiary/aromatic N) is 4. The molecule has 7 rings (SSSR count). The molecular formula is C36H47N5O2. The molecule has 43 heavy (non-hydrogen) atoms. The number of hydrogen-bond acceptors (Lipinski definition) is 4. The molecule has 2 aromatic carbocycles. The molecular weight excluding hydrogens is 534 g/mol. The zero-order valence-corrected chi connectivity index (χ0v) is 26.2. The maximum Gasteiger partial charge on any atom is 0.254 e. The molecule has 3 aliphatic rings. The van der Waals surface area contributed by atoms with Gasteiger partial charge in [0.15, 0.2) is 5.82 Å². The maximum atomic E-state index is 13.7. The van der Waals surface area contributed by atoms with Gasteiger partial charge in [-0.05, 0) is 106 Å². The van der Waals surface area contributed by atoms with Gasteiger partial charge in [-0.1, -0.05) is 31.5 Å². The van der Waals surface area contributed by atoms with Crippen LogP contribution in [0.3, 0.4) is 0 Å². The molecule has 228 valence electrons. The molecule has 1 aliphatic carbocycles. The number of amides is 1. The fraction of sp³-hybridized carbons (Fsp3) is 0.556. The van der Waals surface area contributed by atoms with Crippen LogP contribution in [0.4, 0.5) is 0 Å².